The van der Waals surface area contributed by atoms with E-state index in [4.69, 9.17) is 4.74 Å². The first kappa shape index (κ1) is 16.9. The molecule has 0 fully saturated rings. The molecular formula is C17H18N2O3S. The number of aryl methyl sites for hydroxylation is 1. The Morgan fingerprint density at radius 3 is 2.74 bits per heavy atom. The number of amides is 1. The minimum atomic E-state index is -0.211. The summed E-state index contributed by atoms with van der Waals surface area (Å²) in [6.45, 7) is 2.19. The molecule has 6 heteroatoms. The molecule has 1 N–H and O–H groups in total. The fourth-order valence-corrected chi connectivity index (χ4v) is 2.41. The van der Waals surface area contributed by atoms with Crippen molar-refractivity contribution in [3.05, 3.63) is 52.5 Å². The zero-order valence-electron chi connectivity index (χ0n) is 12.8. The van der Waals surface area contributed by atoms with Crippen molar-refractivity contribution in [2.75, 3.05) is 11.9 Å². The van der Waals surface area contributed by atoms with Crippen molar-refractivity contribution in [2.45, 2.75) is 19.8 Å². The second-order valence-corrected chi connectivity index (χ2v) is 5.46. The quantitative estimate of drug-likeness (QED) is 0.625. The third-order valence-corrected chi connectivity index (χ3v) is 3.61. The molecule has 0 saturated heterocycles. The van der Waals surface area contributed by atoms with Crippen molar-refractivity contribution in [2.24, 2.45) is 0 Å². The second kappa shape index (κ2) is 8.85. The van der Waals surface area contributed by atoms with Crippen LogP contribution in [0.15, 0.2) is 41.2 Å². The summed E-state index contributed by atoms with van der Waals surface area (Å²) >= 11 is 1.48. The molecule has 0 radical (unpaired) electrons. The molecule has 23 heavy (non-hydrogen) atoms. The van der Waals surface area contributed by atoms with Gasteiger partial charge in [0.2, 0.25) is 5.91 Å². The minimum Gasteiger partial charge on any atom is -0.466 e. The number of rotatable bonds is 7. The Kier molecular flexibility index (Phi) is 6.50. The molecule has 1 heterocycles. The first-order valence-corrected chi connectivity index (χ1v) is 8.23. The summed E-state index contributed by atoms with van der Waals surface area (Å²) < 4.78 is 4.89. The summed E-state index contributed by atoms with van der Waals surface area (Å²) in [5.74, 6) is -0.408. The molecule has 0 spiro atoms. The Labute approximate surface area is 139 Å². The number of aromatic nitrogens is 1. The van der Waals surface area contributed by atoms with E-state index in [1.165, 1.54) is 17.4 Å². The van der Waals surface area contributed by atoms with Crippen LogP contribution in [0, 0.1) is 0 Å². The Hall–Kier alpha value is -2.47. The lowest BCUT2D eigenvalue weighted by molar-refractivity contribution is -0.143. The number of esters is 1. The van der Waals surface area contributed by atoms with E-state index in [2.05, 4.69) is 10.3 Å². The number of hydrogen-bond donors (Lipinski definition) is 1. The van der Waals surface area contributed by atoms with Gasteiger partial charge in [0.25, 0.3) is 0 Å². The number of carbonyl (C=O) groups is 2. The lowest BCUT2D eigenvalue weighted by atomic mass is 10.1. The molecule has 0 bridgehead atoms. The summed E-state index contributed by atoms with van der Waals surface area (Å²) in [5.41, 5.74) is 4.21. The van der Waals surface area contributed by atoms with Gasteiger partial charge in [-0.3, -0.25) is 9.59 Å². The maximum atomic E-state index is 11.8. The number of nitrogens with one attached hydrogen (secondary N) is 1. The molecule has 0 unspecified atom stereocenters. The average molecular weight is 330 g/mol. The Morgan fingerprint density at radius 1 is 1.30 bits per heavy atom. The molecule has 120 valence electrons. The number of carbonyl (C=O) groups excluding carboxylic acids is 2. The Morgan fingerprint density at radius 2 is 2.09 bits per heavy atom. The van der Waals surface area contributed by atoms with Crippen LogP contribution >= 0.6 is 11.3 Å². The number of hydrogen-bond acceptors (Lipinski definition) is 5. The summed E-state index contributed by atoms with van der Waals surface area (Å²) in [5, 5.41) is 4.64. The third kappa shape index (κ3) is 6.04. The molecule has 5 nitrogen and oxygen atoms in total. The highest BCUT2D eigenvalue weighted by atomic mass is 32.1. The first-order valence-electron chi connectivity index (χ1n) is 7.29. The number of ether oxygens (including phenoxy) is 1. The number of benzene rings is 1. The monoisotopic (exact) mass is 330 g/mol. The fourth-order valence-electron chi connectivity index (χ4n) is 1.88. The summed E-state index contributed by atoms with van der Waals surface area (Å²) in [4.78, 5) is 27.2. The van der Waals surface area contributed by atoms with Gasteiger partial charge >= 0.3 is 5.97 Å². The second-order valence-electron chi connectivity index (χ2n) is 4.74. The van der Waals surface area contributed by atoms with Crippen LogP contribution in [0.5, 0.6) is 0 Å². The zero-order chi connectivity index (χ0) is 16.5. The van der Waals surface area contributed by atoms with Crippen LogP contribution in [0.4, 0.5) is 5.69 Å². The molecule has 2 aromatic rings. The largest absolute Gasteiger partial charge is 0.466 e. The van der Waals surface area contributed by atoms with Crippen molar-refractivity contribution < 1.29 is 14.3 Å². The molecule has 0 aliphatic carbocycles. The van der Waals surface area contributed by atoms with Crippen LogP contribution in [0.2, 0.25) is 0 Å². The predicted octanol–water partition coefficient (Wildman–Crippen LogP) is 3.29. The van der Waals surface area contributed by atoms with Crippen molar-refractivity contribution in [1.29, 1.82) is 0 Å². The molecule has 0 aliphatic heterocycles. The van der Waals surface area contributed by atoms with Gasteiger partial charge in [0.1, 0.15) is 0 Å². The Balaban J connectivity index is 1.82. The SMILES string of the molecule is CCOC(=O)CCc1ccc(NC(=O)/C=C/c2cscn2)cc1. The van der Waals surface area contributed by atoms with E-state index in [1.807, 2.05) is 29.6 Å². The first-order chi connectivity index (χ1) is 11.2. The highest BCUT2D eigenvalue weighted by Crippen LogP contribution is 2.12. The zero-order valence-corrected chi connectivity index (χ0v) is 13.6. The number of nitrogens with zero attached hydrogens (tertiary/aromatic N) is 1. The number of thiazole rings is 1. The van der Waals surface area contributed by atoms with Gasteiger partial charge in [-0.15, -0.1) is 11.3 Å². The van der Waals surface area contributed by atoms with Crippen LogP contribution in [0.1, 0.15) is 24.6 Å². The summed E-state index contributed by atoms with van der Waals surface area (Å²) in [6, 6.07) is 7.40. The van der Waals surface area contributed by atoms with Gasteiger partial charge in [0.15, 0.2) is 0 Å². The van der Waals surface area contributed by atoms with Crippen LogP contribution in [0.25, 0.3) is 6.08 Å². The van der Waals surface area contributed by atoms with E-state index < -0.39 is 0 Å². The standard InChI is InChI=1S/C17H18N2O3S/c1-2-22-17(21)10-5-13-3-6-14(7-4-13)19-16(20)9-8-15-11-23-12-18-15/h3-4,6-9,11-12H,2,5,10H2,1H3,(H,19,20)/b9-8+. The third-order valence-electron chi connectivity index (χ3n) is 3.00. The van der Waals surface area contributed by atoms with Gasteiger partial charge in [-0.1, -0.05) is 12.1 Å². The maximum absolute atomic E-state index is 11.8. The lowest BCUT2D eigenvalue weighted by Crippen LogP contribution is -2.08. The van der Waals surface area contributed by atoms with Crippen molar-refractivity contribution in [3.8, 4) is 0 Å². The van der Waals surface area contributed by atoms with Gasteiger partial charge in [-0.05, 0) is 37.1 Å². The molecule has 0 saturated carbocycles. The van der Waals surface area contributed by atoms with Gasteiger partial charge in [0.05, 0.1) is 17.8 Å². The van der Waals surface area contributed by atoms with Gasteiger partial charge in [-0.2, -0.15) is 0 Å². The van der Waals surface area contributed by atoms with E-state index >= 15 is 0 Å². The molecule has 2 rings (SSSR count). The summed E-state index contributed by atoms with van der Waals surface area (Å²) in [6.07, 6.45) is 4.09. The fraction of sp³-hybridized carbons (Fsp3) is 0.235. The molecule has 1 aromatic heterocycles. The van der Waals surface area contributed by atoms with Crippen molar-refractivity contribution in [1.82, 2.24) is 4.98 Å². The van der Waals surface area contributed by atoms with E-state index in [0.29, 0.717) is 25.1 Å². The van der Waals surface area contributed by atoms with Crippen LogP contribution in [-0.2, 0) is 20.7 Å². The molecule has 0 atom stereocenters. The van der Waals surface area contributed by atoms with Crippen LogP contribution in [-0.4, -0.2) is 23.5 Å². The van der Waals surface area contributed by atoms with E-state index in [1.54, 1.807) is 18.5 Å². The molecule has 0 aliphatic rings. The van der Waals surface area contributed by atoms with E-state index in [0.717, 1.165) is 11.3 Å². The van der Waals surface area contributed by atoms with Gasteiger partial charge in [0, 0.05) is 23.6 Å². The average Bonchev–Trinajstić information content (AvgIpc) is 3.06. The van der Waals surface area contributed by atoms with Gasteiger partial charge in [-0.25, -0.2) is 4.98 Å². The van der Waals surface area contributed by atoms with E-state index in [9.17, 15) is 9.59 Å². The topological polar surface area (TPSA) is 68.3 Å². The normalized spacial score (nSPS) is 10.7. The highest BCUT2D eigenvalue weighted by molar-refractivity contribution is 7.07. The maximum Gasteiger partial charge on any atom is 0.306 e. The molecule has 1 amide bonds. The predicted molar refractivity (Wildman–Crippen MR) is 91.2 cm³/mol. The smallest absolute Gasteiger partial charge is 0.306 e. The lowest BCUT2D eigenvalue weighted by Gasteiger charge is -2.05. The van der Waals surface area contributed by atoms with Crippen molar-refractivity contribution >= 4 is 35.0 Å². The Bertz CT molecular complexity index is 664. The molecule has 1 aromatic carbocycles. The highest BCUT2D eigenvalue weighted by Gasteiger charge is 2.03. The van der Waals surface area contributed by atoms with Gasteiger partial charge < -0.3 is 10.1 Å². The van der Waals surface area contributed by atoms with Crippen LogP contribution in [0.3, 0.4) is 0 Å². The van der Waals surface area contributed by atoms with E-state index in [-0.39, 0.29) is 11.9 Å². The number of anilines is 1. The van der Waals surface area contributed by atoms with Crippen molar-refractivity contribution in [3.63, 3.8) is 0 Å². The summed E-state index contributed by atoms with van der Waals surface area (Å²) in [7, 11) is 0. The van der Waals surface area contributed by atoms with Crippen LogP contribution < -0.4 is 5.32 Å². The minimum absolute atomic E-state index is 0.197. The molecular weight excluding hydrogens is 312 g/mol.